The minimum atomic E-state index is -0.728. The lowest BCUT2D eigenvalue weighted by Gasteiger charge is -2.34. The number of ether oxygens (including phenoxy) is 1. The van der Waals surface area contributed by atoms with Gasteiger partial charge in [-0.1, -0.05) is 35.8 Å². The maximum absolute atomic E-state index is 14.7. The van der Waals surface area contributed by atoms with Gasteiger partial charge >= 0.3 is 0 Å². The molecule has 2 aliphatic heterocycles. The summed E-state index contributed by atoms with van der Waals surface area (Å²) in [4.78, 5) is 11.0. The summed E-state index contributed by atoms with van der Waals surface area (Å²) in [5, 5.41) is 0.432. The third-order valence-electron chi connectivity index (χ3n) is 5.53. The molecule has 4 rings (SSSR count). The molecule has 1 saturated heterocycles. The first kappa shape index (κ1) is 21.9. The normalized spacial score (nSPS) is 18.0. The molecule has 0 aliphatic carbocycles. The third-order valence-corrected chi connectivity index (χ3v) is 6.33. The predicted molar refractivity (Wildman–Crippen MR) is 122 cm³/mol. The Kier molecular flexibility index (Phi) is 6.42. The van der Waals surface area contributed by atoms with Gasteiger partial charge in [-0.2, -0.15) is 0 Å². The second-order valence-corrected chi connectivity index (χ2v) is 8.17. The molecule has 2 aromatic carbocycles. The monoisotopic (exact) mass is 463 g/mol. The van der Waals surface area contributed by atoms with E-state index in [0.29, 0.717) is 30.2 Å². The highest BCUT2D eigenvalue weighted by atomic mass is 35.5. The van der Waals surface area contributed by atoms with Crippen molar-refractivity contribution in [2.45, 2.75) is 12.8 Å². The zero-order valence-corrected chi connectivity index (χ0v) is 18.5. The fourth-order valence-corrected chi connectivity index (χ4v) is 4.48. The molecule has 0 saturated carbocycles. The van der Waals surface area contributed by atoms with Crippen molar-refractivity contribution in [2.24, 2.45) is 15.9 Å². The number of benzene rings is 2. The molecule has 2 aliphatic rings. The van der Waals surface area contributed by atoms with Crippen LogP contribution in [0.3, 0.4) is 0 Å². The Morgan fingerprint density at radius 3 is 2.45 bits per heavy atom. The Morgan fingerprint density at radius 2 is 1.81 bits per heavy atom. The number of anilines is 1. The van der Waals surface area contributed by atoms with Gasteiger partial charge in [-0.05, 0) is 37.1 Å². The van der Waals surface area contributed by atoms with Crippen molar-refractivity contribution >= 4 is 40.4 Å². The summed E-state index contributed by atoms with van der Waals surface area (Å²) < 4.78 is 35.0. The van der Waals surface area contributed by atoms with Crippen LogP contribution in [0.4, 0.5) is 14.5 Å². The largest absolute Gasteiger partial charge is 0.381 e. The molecule has 0 spiro atoms. The molecule has 4 nitrogen and oxygen atoms in total. The zero-order chi connectivity index (χ0) is 22.1. The van der Waals surface area contributed by atoms with Gasteiger partial charge in [0.25, 0.3) is 0 Å². The van der Waals surface area contributed by atoms with E-state index in [9.17, 15) is 8.78 Å². The highest BCUT2D eigenvalue weighted by molar-refractivity contribution is 6.45. The van der Waals surface area contributed by atoms with Crippen molar-refractivity contribution in [1.82, 2.24) is 0 Å². The highest BCUT2D eigenvalue weighted by Gasteiger charge is 2.33. The Balaban J connectivity index is 1.94. The molecule has 0 aromatic heterocycles. The SMILES string of the molecule is C=C1CN=C(c2c(F)cccc2F)c2c(ccc(Cl)c2Cl)N1C(=NC)C1CCOCC1. The van der Waals surface area contributed by atoms with Gasteiger partial charge in [0, 0.05) is 37.4 Å². The number of benzodiazepines with no additional fused rings is 1. The van der Waals surface area contributed by atoms with Gasteiger partial charge in [0.15, 0.2) is 0 Å². The number of aliphatic imine (C=N–C) groups is 2. The van der Waals surface area contributed by atoms with E-state index in [4.69, 9.17) is 27.9 Å². The highest BCUT2D eigenvalue weighted by Crippen LogP contribution is 2.40. The topological polar surface area (TPSA) is 37.2 Å². The molecule has 8 heteroatoms. The molecule has 31 heavy (non-hydrogen) atoms. The van der Waals surface area contributed by atoms with Gasteiger partial charge in [0.1, 0.15) is 17.5 Å². The van der Waals surface area contributed by atoms with E-state index >= 15 is 0 Å². The van der Waals surface area contributed by atoms with Gasteiger partial charge in [-0.25, -0.2) is 8.78 Å². The minimum Gasteiger partial charge on any atom is -0.381 e. The van der Waals surface area contributed by atoms with Crippen molar-refractivity contribution in [3.8, 4) is 0 Å². The zero-order valence-electron chi connectivity index (χ0n) is 17.0. The summed E-state index contributed by atoms with van der Waals surface area (Å²) in [7, 11) is 1.72. The summed E-state index contributed by atoms with van der Waals surface area (Å²) in [5.74, 6) is -0.523. The van der Waals surface area contributed by atoms with Gasteiger partial charge in [-0.3, -0.25) is 9.98 Å². The van der Waals surface area contributed by atoms with E-state index in [1.807, 2.05) is 4.90 Å². The Hall–Kier alpha value is -2.28. The second-order valence-electron chi connectivity index (χ2n) is 7.39. The van der Waals surface area contributed by atoms with Crippen LogP contribution in [-0.2, 0) is 4.74 Å². The van der Waals surface area contributed by atoms with Crippen LogP contribution in [0, 0.1) is 17.6 Å². The van der Waals surface area contributed by atoms with E-state index in [-0.39, 0.29) is 33.8 Å². The molecule has 2 aromatic rings. The molecular formula is C23H21Cl2F2N3O. The second kappa shape index (κ2) is 9.07. The van der Waals surface area contributed by atoms with E-state index in [0.717, 1.165) is 18.7 Å². The summed E-state index contributed by atoms with van der Waals surface area (Å²) in [5.41, 5.74) is 1.42. The number of hydrogen-bond donors (Lipinski definition) is 0. The van der Waals surface area contributed by atoms with Crippen molar-refractivity contribution in [2.75, 3.05) is 31.7 Å². The molecule has 1 fully saturated rings. The van der Waals surface area contributed by atoms with Gasteiger partial charge in [0.2, 0.25) is 0 Å². The van der Waals surface area contributed by atoms with Crippen molar-refractivity contribution in [3.05, 3.63) is 75.4 Å². The van der Waals surface area contributed by atoms with Gasteiger partial charge < -0.3 is 9.64 Å². The fourth-order valence-electron chi connectivity index (χ4n) is 4.08. The number of hydrogen-bond acceptors (Lipinski definition) is 3. The molecule has 0 radical (unpaired) electrons. The van der Waals surface area contributed by atoms with E-state index in [1.54, 1.807) is 19.2 Å². The minimum absolute atomic E-state index is 0.101. The van der Waals surface area contributed by atoms with E-state index in [1.165, 1.54) is 18.2 Å². The standard InChI is InChI=1S/C23H21Cl2F2N3O/c1-13-12-29-22(19-16(26)4-3-5-17(19)27)20-18(7-6-15(24)21(20)25)30(13)23(28-2)14-8-10-31-11-9-14/h3-7,14H,1,8-12H2,2H3. The molecule has 0 unspecified atom stereocenters. The summed E-state index contributed by atoms with van der Waals surface area (Å²) in [6.45, 7) is 5.58. The van der Waals surface area contributed by atoms with Crippen molar-refractivity contribution in [3.63, 3.8) is 0 Å². The average Bonchev–Trinajstić information content (AvgIpc) is 2.90. The van der Waals surface area contributed by atoms with Crippen LogP contribution >= 0.6 is 23.2 Å². The maximum atomic E-state index is 14.7. The predicted octanol–water partition coefficient (Wildman–Crippen LogP) is 5.90. The number of amidine groups is 1. The Morgan fingerprint density at radius 1 is 1.13 bits per heavy atom. The van der Waals surface area contributed by atoms with E-state index in [2.05, 4.69) is 16.6 Å². The first-order valence-corrected chi connectivity index (χ1v) is 10.7. The smallest absolute Gasteiger partial charge is 0.135 e. The van der Waals surface area contributed by atoms with Gasteiger partial charge in [-0.15, -0.1) is 0 Å². The van der Waals surface area contributed by atoms with Crippen LogP contribution in [0.25, 0.3) is 0 Å². The number of nitrogens with zero attached hydrogens (tertiary/aromatic N) is 3. The summed E-state index contributed by atoms with van der Waals surface area (Å²) in [6, 6.07) is 7.11. The van der Waals surface area contributed by atoms with Crippen LogP contribution in [0.1, 0.15) is 24.0 Å². The lowest BCUT2D eigenvalue weighted by molar-refractivity contribution is 0.0825. The van der Waals surface area contributed by atoms with Crippen LogP contribution in [0.2, 0.25) is 10.0 Å². The lowest BCUT2D eigenvalue weighted by Crippen LogP contribution is -2.39. The Labute approximate surface area is 189 Å². The number of halogens is 4. The summed E-state index contributed by atoms with van der Waals surface area (Å²) in [6.07, 6.45) is 1.62. The van der Waals surface area contributed by atoms with Crippen LogP contribution < -0.4 is 4.90 Å². The number of rotatable bonds is 2. The van der Waals surface area contributed by atoms with Crippen LogP contribution in [0.5, 0.6) is 0 Å². The first-order valence-electron chi connectivity index (χ1n) is 9.93. The molecule has 0 amide bonds. The maximum Gasteiger partial charge on any atom is 0.135 e. The van der Waals surface area contributed by atoms with Crippen molar-refractivity contribution < 1.29 is 13.5 Å². The molecule has 2 heterocycles. The van der Waals surface area contributed by atoms with Crippen LogP contribution in [-0.4, -0.2) is 38.4 Å². The van der Waals surface area contributed by atoms with Crippen LogP contribution in [0.15, 0.2) is 52.6 Å². The number of fused-ring (bicyclic) bond motifs is 1. The molecule has 0 N–H and O–H groups in total. The van der Waals surface area contributed by atoms with Crippen molar-refractivity contribution in [1.29, 1.82) is 0 Å². The average molecular weight is 464 g/mol. The molecule has 0 bridgehead atoms. The fraction of sp³-hybridized carbons (Fsp3) is 0.304. The summed E-state index contributed by atoms with van der Waals surface area (Å²) >= 11 is 12.9. The lowest BCUT2D eigenvalue weighted by atomic mass is 9.95. The first-order chi connectivity index (χ1) is 14.9. The molecule has 162 valence electrons. The molecule has 0 atom stereocenters. The quantitative estimate of drug-likeness (QED) is 0.410. The van der Waals surface area contributed by atoms with E-state index < -0.39 is 11.6 Å². The van der Waals surface area contributed by atoms with Gasteiger partial charge in [0.05, 0.1) is 33.6 Å². The third kappa shape index (κ3) is 4.00. The Bertz CT molecular complexity index is 1070. The molecular weight excluding hydrogens is 443 g/mol.